The molecule has 178 valence electrons. The third kappa shape index (κ3) is 3.06. The molecule has 0 unspecified atom stereocenters. The van der Waals surface area contributed by atoms with Crippen molar-refractivity contribution in [3.05, 3.63) is 140 Å². The molecular formula is C35H23N3. The van der Waals surface area contributed by atoms with Crippen molar-refractivity contribution in [2.24, 2.45) is 0 Å². The third-order valence-corrected chi connectivity index (χ3v) is 7.61. The van der Waals surface area contributed by atoms with E-state index in [4.69, 9.17) is 0 Å². The number of hydrogen-bond acceptors (Lipinski definition) is 1. The van der Waals surface area contributed by atoms with Crippen LogP contribution in [-0.2, 0) is 0 Å². The number of pyridine rings is 1. The molecule has 0 N–H and O–H groups in total. The Morgan fingerprint density at radius 2 is 1.29 bits per heavy atom. The van der Waals surface area contributed by atoms with E-state index in [1.54, 1.807) is 0 Å². The van der Waals surface area contributed by atoms with Gasteiger partial charge in [0.15, 0.2) is 0 Å². The normalized spacial score (nSPS) is 11.7. The minimum absolute atomic E-state index is 0.985. The Hall–Kier alpha value is -5.15. The molecule has 3 heteroatoms. The summed E-state index contributed by atoms with van der Waals surface area (Å²) in [5, 5.41) is 6.32. The quantitative estimate of drug-likeness (QED) is 0.245. The average Bonchev–Trinajstić information content (AvgIpc) is 3.58. The third-order valence-electron chi connectivity index (χ3n) is 7.61. The van der Waals surface area contributed by atoms with E-state index in [2.05, 4.69) is 130 Å². The highest BCUT2D eigenvalue weighted by molar-refractivity contribution is 6.25. The first-order chi connectivity index (χ1) is 18.9. The predicted octanol–water partition coefficient (Wildman–Crippen LogP) is 8.94. The lowest BCUT2D eigenvalue weighted by molar-refractivity contribution is 1.13. The van der Waals surface area contributed by atoms with E-state index in [0.717, 1.165) is 16.9 Å². The monoisotopic (exact) mass is 485 g/mol. The number of fused-ring (bicyclic) bond motifs is 7. The van der Waals surface area contributed by atoms with Crippen LogP contribution in [0.4, 0.5) is 0 Å². The van der Waals surface area contributed by atoms with E-state index in [1.807, 2.05) is 24.4 Å². The second kappa shape index (κ2) is 8.19. The van der Waals surface area contributed by atoms with E-state index in [0.29, 0.717) is 0 Å². The molecular weight excluding hydrogens is 462 g/mol. The van der Waals surface area contributed by atoms with Crippen LogP contribution in [0.2, 0.25) is 0 Å². The molecule has 0 bridgehead atoms. The molecule has 38 heavy (non-hydrogen) atoms. The lowest BCUT2D eigenvalue weighted by Gasteiger charge is -2.12. The molecule has 0 saturated heterocycles. The van der Waals surface area contributed by atoms with Crippen LogP contribution in [-0.4, -0.2) is 14.1 Å². The predicted molar refractivity (Wildman–Crippen MR) is 158 cm³/mol. The summed E-state index contributed by atoms with van der Waals surface area (Å²) in [7, 11) is 0. The highest BCUT2D eigenvalue weighted by atomic mass is 15.0. The van der Waals surface area contributed by atoms with Gasteiger partial charge in [-0.05, 0) is 60.0 Å². The summed E-state index contributed by atoms with van der Waals surface area (Å²) in [6.07, 6.45) is 4.03. The van der Waals surface area contributed by atoms with E-state index in [9.17, 15) is 0 Å². The van der Waals surface area contributed by atoms with Gasteiger partial charge in [0.05, 0.1) is 22.2 Å². The van der Waals surface area contributed by atoms with Crippen LogP contribution in [0, 0.1) is 0 Å². The molecule has 3 heterocycles. The zero-order chi connectivity index (χ0) is 25.1. The summed E-state index contributed by atoms with van der Waals surface area (Å²) >= 11 is 0. The largest absolute Gasteiger partial charge is 0.317 e. The highest BCUT2D eigenvalue weighted by Crippen LogP contribution is 2.40. The smallest absolute Gasteiger partial charge is 0.0701 e. The van der Waals surface area contributed by atoms with Crippen molar-refractivity contribution in [2.75, 3.05) is 0 Å². The van der Waals surface area contributed by atoms with Crippen LogP contribution in [0.5, 0.6) is 0 Å². The first-order valence-electron chi connectivity index (χ1n) is 12.9. The Morgan fingerprint density at radius 3 is 2.13 bits per heavy atom. The summed E-state index contributed by atoms with van der Waals surface area (Å²) in [5.74, 6) is 0. The number of nitrogens with zero attached hydrogens (tertiary/aromatic N) is 3. The van der Waals surface area contributed by atoms with Gasteiger partial charge in [-0.2, -0.15) is 0 Å². The Morgan fingerprint density at radius 1 is 0.500 bits per heavy atom. The summed E-state index contributed by atoms with van der Waals surface area (Å²) in [4.78, 5) is 4.50. The van der Waals surface area contributed by atoms with Crippen molar-refractivity contribution in [2.45, 2.75) is 0 Å². The van der Waals surface area contributed by atoms with Gasteiger partial charge >= 0.3 is 0 Å². The van der Waals surface area contributed by atoms with Crippen molar-refractivity contribution in [1.29, 1.82) is 0 Å². The molecule has 8 aromatic rings. The van der Waals surface area contributed by atoms with Crippen molar-refractivity contribution < 1.29 is 0 Å². The number of rotatable bonds is 3. The summed E-state index contributed by atoms with van der Waals surface area (Å²) in [5.41, 5.74) is 8.08. The average molecular weight is 486 g/mol. The summed E-state index contributed by atoms with van der Waals surface area (Å²) in [6.45, 7) is 0. The van der Waals surface area contributed by atoms with E-state index < -0.39 is 0 Å². The minimum Gasteiger partial charge on any atom is -0.317 e. The van der Waals surface area contributed by atoms with Crippen LogP contribution >= 0.6 is 0 Å². The van der Waals surface area contributed by atoms with Crippen molar-refractivity contribution in [1.82, 2.24) is 14.1 Å². The zero-order valence-electron chi connectivity index (χ0n) is 20.6. The molecule has 0 aliphatic heterocycles. The molecule has 0 saturated carbocycles. The number of benzene rings is 5. The molecule has 8 rings (SSSR count). The first kappa shape index (κ1) is 21.0. The molecule has 0 amide bonds. The number of aromatic nitrogens is 3. The Bertz CT molecular complexity index is 2100. The van der Waals surface area contributed by atoms with Gasteiger partial charge in [0.25, 0.3) is 0 Å². The maximum Gasteiger partial charge on any atom is 0.0701 e. The fourth-order valence-corrected chi connectivity index (χ4v) is 5.89. The molecule has 0 fully saturated rings. The lowest BCUT2D eigenvalue weighted by atomic mass is 10.0. The summed E-state index contributed by atoms with van der Waals surface area (Å²) in [6, 6.07) is 45.4. The van der Waals surface area contributed by atoms with Gasteiger partial charge in [-0.15, -0.1) is 0 Å². The molecule has 0 aliphatic carbocycles. The maximum absolute atomic E-state index is 4.50. The van der Waals surface area contributed by atoms with Gasteiger partial charge in [-0.3, -0.25) is 4.98 Å². The minimum atomic E-state index is 0.985. The van der Waals surface area contributed by atoms with Gasteiger partial charge in [0.1, 0.15) is 0 Å². The van der Waals surface area contributed by atoms with E-state index in [1.165, 1.54) is 49.2 Å². The van der Waals surface area contributed by atoms with Gasteiger partial charge in [-0.1, -0.05) is 72.8 Å². The zero-order valence-corrected chi connectivity index (χ0v) is 20.6. The number of para-hydroxylation sites is 2. The first-order valence-corrected chi connectivity index (χ1v) is 12.9. The van der Waals surface area contributed by atoms with Crippen LogP contribution in [0.15, 0.2) is 140 Å². The molecule has 3 nitrogen and oxygen atoms in total. The molecule has 0 spiro atoms. The number of hydrogen-bond donors (Lipinski definition) is 0. The molecule has 0 aliphatic rings. The molecule has 5 aromatic carbocycles. The second-order valence-corrected chi connectivity index (χ2v) is 9.69. The van der Waals surface area contributed by atoms with Gasteiger partial charge in [-0.25, -0.2) is 0 Å². The Labute approximate surface area is 219 Å². The van der Waals surface area contributed by atoms with Gasteiger partial charge in [0, 0.05) is 50.9 Å². The molecule has 0 atom stereocenters. The topological polar surface area (TPSA) is 22.8 Å². The van der Waals surface area contributed by atoms with Gasteiger partial charge in [0.2, 0.25) is 0 Å². The summed E-state index contributed by atoms with van der Waals surface area (Å²) < 4.78 is 4.71. The molecule has 0 radical (unpaired) electrons. The van der Waals surface area contributed by atoms with Crippen molar-refractivity contribution in [3.8, 4) is 22.6 Å². The van der Waals surface area contributed by atoms with E-state index >= 15 is 0 Å². The fourth-order valence-electron chi connectivity index (χ4n) is 5.89. The SMILES string of the molecule is c1ccc(-n2c3ccccc3c3ccc4ccc5c(ccn5-c5ccc(-c6ccccn6)cc5)c4c32)cc1. The Kier molecular flexibility index (Phi) is 4.52. The van der Waals surface area contributed by atoms with Crippen LogP contribution in [0.25, 0.3) is 66.1 Å². The molecule has 3 aromatic heterocycles. The van der Waals surface area contributed by atoms with Crippen LogP contribution in [0.1, 0.15) is 0 Å². The standard InChI is InChI=1S/C35H23N3/c1-2-8-27(9-3-1)38-33-12-5-4-10-28(33)29-19-15-25-16-20-32-30(34(25)35(29)38)21-23-37(32)26-17-13-24(14-18-26)31-11-6-7-22-36-31/h1-23H. The second-order valence-electron chi connectivity index (χ2n) is 9.69. The lowest BCUT2D eigenvalue weighted by Crippen LogP contribution is -1.95. The van der Waals surface area contributed by atoms with Crippen molar-refractivity contribution in [3.63, 3.8) is 0 Å². The van der Waals surface area contributed by atoms with Crippen LogP contribution < -0.4 is 0 Å². The Balaban J connectivity index is 1.41. The highest BCUT2D eigenvalue weighted by Gasteiger charge is 2.17. The fraction of sp³-hybridized carbons (Fsp3) is 0. The van der Waals surface area contributed by atoms with Gasteiger partial charge < -0.3 is 9.13 Å². The van der Waals surface area contributed by atoms with E-state index in [-0.39, 0.29) is 0 Å². The van der Waals surface area contributed by atoms with Crippen LogP contribution in [0.3, 0.4) is 0 Å². The van der Waals surface area contributed by atoms with Crippen molar-refractivity contribution >= 4 is 43.5 Å². The maximum atomic E-state index is 4.50.